The SMILES string of the molecule is O=C(Nc1ccc(F)c(C(F)(F)F)c1)N(CCCCO)C1CC1. The molecule has 0 spiro atoms. The fourth-order valence-corrected chi connectivity index (χ4v) is 2.25. The molecule has 23 heavy (non-hydrogen) atoms. The summed E-state index contributed by atoms with van der Waals surface area (Å²) in [5, 5.41) is 11.2. The summed E-state index contributed by atoms with van der Waals surface area (Å²) in [5.41, 5.74) is -1.51. The number of aliphatic hydroxyl groups is 1. The molecule has 128 valence electrons. The van der Waals surface area contributed by atoms with Crippen molar-refractivity contribution in [2.24, 2.45) is 0 Å². The van der Waals surface area contributed by atoms with Crippen molar-refractivity contribution in [3.63, 3.8) is 0 Å². The molecule has 0 bridgehead atoms. The lowest BCUT2D eigenvalue weighted by Crippen LogP contribution is -2.37. The van der Waals surface area contributed by atoms with E-state index in [1.54, 1.807) is 4.90 Å². The first kappa shape index (κ1) is 17.5. The Morgan fingerprint density at radius 1 is 1.30 bits per heavy atom. The van der Waals surface area contributed by atoms with Crippen LogP contribution in [0.5, 0.6) is 0 Å². The van der Waals surface area contributed by atoms with E-state index in [4.69, 9.17) is 5.11 Å². The number of benzene rings is 1. The molecule has 0 atom stereocenters. The average Bonchev–Trinajstić information content (AvgIpc) is 3.29. The number of alkyl halides is 3. The minimum absolute atomic E-state index is 0.0209. The molecule has 4 nitrogen and oxygen atoms in total. The normalized spacial score (nSPS) is 14.7. The average molecular weight is 334 g/mol. The Morgan fingerprint density at radius 2 is 2.00 bits per heavy atom. The maximum Gasteiger partial charge on any atom is 0.419 e. The van der Waals surface area contributed by atoms with E-state index >= 15 is 0 Å². The molecule has 1 aromatic carbocycles. The summed E-state index contributed by atoms with van der Waals surface area (Å²) >= 11 is 0. The van der Waals surface area contributed by atoms with E-state index in [0.29, 0.717) is 31.5 Å². The number of nitrogens with one attached hydrogen (secondary N) is 1. The fraction of sp³-hybridized carbons (Fsp3) is 0.533. The zero-order chi connectivity index (χ0) is 17.0. The number of amides is 2. The van der Waals surface area contributed by atoms with Gasteiger partial charge in [-0.3, -0.25) is 0 Å². The van der Waals surface area contributed by atoms with Crippen molar-refractivity contribution in [2.45, 2.75) is 37.9 Å². The number of rotatable bonds is 6. The highest BCUT2D eigenvalue weighted by atomic mass is 19.4. The van der Waals surface area contributed by atoms with Gasteiger partial charge in [0.25, 0.3) is 0 Å². The van der Waals surface area contributed by atoms with Gasteiger partial charge in [-0.1, -0.05) is 0 Å². The van der Waals surface area contributed by atoms with Crippen LogP contribution in [0.1, 0.15) is 31.2 Å². The van der Waals surface area contributed by atoms with Gasteiger partial charge in [0.15, 0.2) is 0 Å². The van der Waals surface area contributed by atoms with Gasteiger partial charge >= 0.3 is 12.2 Å². The smallest absolute Gasteiger partial charge is 0.396 e. The number of nitrogens with zero attached hydrogens (tertiary/aromatic N) is 1. The number of hydrogen-bond donors (Lipinski definition) is 2. The second kappa shape index (κ2) is 7.16. The van der Waals surface area contributed by atoms with Gasteiger partial charge in [-0.05, 0) is 43.9 Å². The second-order valence-corrected chi connectivity index (χ2v) is 5.48. The van der Waals surface area contributed by atoms with Gasteiger partial charge < -0.3 is 15.3 Å². The van der Waals surface area contributed by atoms with Gasteiger partial charge in [0.1, 0.15) is 5.82 Å². The van der Waals surface area contributed by atoms with Crippen molar-refractivity contribution in [3.05, 3.63) is 29.6 Å². The van der Waals surface area contributed by atoms with Crippen LogP contribution in [0.2, 0.25) is 0 Å². The summed E-state index contributed by atoms with van der Waals surface area (Å²) in [7, 11) is 0. The molecule has 0 heterocycles. The molecule has 0 aliphatic heterocycles. The quantitative estimate of drug-likeness (QED) is 0.617. The maximum atomic E-state index is 13.2. The summed E-state index contributed by atoms with van der Waals surface area (Å²) in [6.07, 6.45) is -1.96. The fourth-order valence-electron chi connectivity index (χ4n) is 2.25. The zero-order valence-electron chi connectivity index (χ0n) is 12.4. The topological polar surface area (TPSA) is 52.6 Å². The summed E-state index contributed by atoms with van der Waals surface area (Å²) in [4.78, 5) is 13.8. The van der Waals surface area contributed by atoms with E-state index in [1.807, 2.05) is 0 Å². The van der Waals surface area contributed by atoms with E-state index in [1.165, 1.54) is 0 Å². The van der Waals surface area contributed by atoms with E-state index in [2.05, 4.69) is 5.32 Å². The first-order chi connectivity index (χ1) is 10.8. The molecule has 1 aliphatic rings. The predicted octanol–water partition coefficient (Wildman–Crippen LogP) is 3.61. The molecule has 0 unspecified atom stereocenters. The molecule has 0 radical (unpaired) electrons. The molecule has 1 fully saturated rings. The lowest BCUT2D eigenvalue weighted by Gasteiger charge is -2.23. The number of hydrogen-bond acceptors (Lipinski definition) is 2. The molecule has 8 heteroatoms. The number of aliphatic hydroxyl groups excluding tert-OH is 1. The molecule has 1 saturated carbocycles. The van der Waals surface area contributed by atoms with Crippen molar-refractivity contribution in [1.29, 1.82) is 0 Å². The van der Waals surface area contributed by atoms with Crippen LogP contribution in [0.3, 0.4) is 0 Å². The number of urea groups is 1. The van der Waals surface area contributed by atoms with Gasteiger partial charge in [-0.2, -0.15) is 13.2 Å². The molecule has 0 saturated heterocycles. The van der Waals surface area contributed by atoms with Crippen molar-refractivity contribution < 1.29 is 27.5 Å². The first-order valence-electron chi connectivity index (χ1n) is 7.38. The largest absolute Gasteiger partial charge is 0.419 e. The lowest BCUT2D eigenvalue weighted by atomic mass is 10.2. The van der Waals surface area contributed by atoms with Crippen LogP contribution < -0.4 is 5.32 Å². The summed E-state index contributed by atoms with van der Waals surface area (Å²) in [5.74, 6) is -1.38. The number of carbonyl (C=O) groups is 1. The van der Waals surface area contributed by atoms with Crippen LogP contribution in [0.4, 0.5) is 28.0 Å². The Bertz CT molecular complexity index is 559. The van der Waals surface area contributed by atoms with Crippen LogP contribution in [-0.4, -0.2) is 35.2 Å². The zero-order valence-corrected chi connectivity index (χ0v) is 12.4. The Labute approximate surface area is 131 Å². The molecule has 1 aliphatic carbocycles. The molecular formula is C15H18F4N2O2. The molecule has 2 rings (SSSR count). The van der Waals surface area contributed by atoms with Crippen LogP contribution >= 0.6 is 0 Å². The van der Waals surface area contributed by atoms with E-state index in [-0.39, 0.29) is 18.3 Å². The number of halogens is 4. The molecule has 1 aromatic rings. The maximum absolute atomic E-state index is 13.2. The van der Waals surface area contributed by atoms with Crippen LogP contribution in [-0.2, 0) is 6.18 Å². The van der Waals surface area contributed by atoms with Gasteiger partial charge in [-0.25, -0.2) is 9.18 Å². The van der Waals surface area contributed by atoms with Gasteiger partial charge in [0, 0.05) is 24.9 Å². The highest BCUT2D eigenvalue weighted by Gasteiger charge is 2.35. The van der Waals surface area contributed by atoms with Gasteiger partial charge in [-0.15, -0.1) is 0 Å². The van der Waals surface area contributed by atoms with Crippen LogP contribution in [0.15, 0.2) is 18.2 Å². The third-order valence-corrected chi connectivity index (χ3v) is 3.58. The Hall–Kier alpha value is -1.83. The number of anilines is 1. The third kappa shape index (κ3) is 4.82. The van der Waals surface area contributed by atoms with E-state index < -0.39 is 23.6 Å². The van der Waals surface area contributed by atoms with Crippen molar-refractivity contribution in [3.8, 4) is 0 Å². The second-order valence-electron chi connectivity index (χ2n) is 5.48. The summed E-state index contributed by atoms with van der Waals surface area (Å²) in [6, 6.07) is 1.94. The third-order valence-electron chi connectivity index (χ3n) is 3.58. The van der Waals surface area contributed by atoms with E-state index in [0.717, 1.165) is 18.9 Å². The Kier molecular flexibility index (Phi) is 5.46. The van der Waals surface area contributed by atoms with E-state index in [9.17, 15) is 22.4 Å². The molecule has 2 amide bonds. The lowest BCUT2D eigenvalue weighted by molar-refractivity contribution is -0.139. The predicted molar refractivity (Wildman–Crippen MR) is 76.5 cm³/mol. The van der Waals surface area contributed by atoms with Crippen LogP contribution in [0.25, 0.3) is 0 Å². The summed E-state index contributed by atoms with van der Waals surface area (Å²) < 4.78 is 51.3. The standard InChI is InChI=1S/C15H18F4N2O2/c16-13-6-3-10(9-12(13)15(17,18)19)20-14(23)21(11-4-5-11)7-1-2-8-22/h3,6,9,11,22H,1-2,4-5,7-8H2,(H,20,23). The highest BCUT2D eigenvalue weighted by Crippen LogP contribution is 2.33. The Morgan fingerprint density at radius 3 is 2.57 bits per heavy atom. The molecule has 0 aromatic heterocycles. The Balaban J connectivity index is 2.06. The van der Waals surface area contributed by atoms with Gasteiger partial charge in [0.2, 0.25) is 0 Å². The van der Waals surface area contributed by atoms with Crippen molar-refractivity contribution >= 4 is 11.7 Å². The molecule has 2 N–H and O–H groups in total. The minimum atomic E-state index is -4.82. The monoisotopic (exact) mass is 334 g/mol. The summed E-state index contributed by atoms with van der Waals surface area (Å²) in [6.45, 7) is 0.442. The van der Waals surface area contributed by atoms with Gasteiger partial charge in [0.05, 0.1) is 5.56 Å². The minimum Gasteiger partial charge on any atom is -0.396 e. The number of unbranched alkanes of at least 4 members (excludes halogenated alkanes) is 1. The van der Waals surface area contributed by atoms with Crippen molar-refractivity contribution in [1.82, 2.24) is 4.90 Å². The van der Waals surface area contributed by atoms with Crippen molar-refractivity contribution in [2.75, 3.05) is 18.5 Å². The molecular weight excluding hydrogens is 316 g/mol. The number of carbonyl (C=O) groups excluding carboxylic acids is 1. The first-order valence-corrected chi connectivity index (χ1v) is 7.38. The highest BCUT2D eigenvalue weighted by molar-refractivity contribution is 5.89. The van der Waals surface area contributed by atoms with Crippen LogP contribution in [0, 0.1) is 5.82 Å².